The molecule has 0 saturated carbocycles. The summed E-state index contributed by atoms with van der Waals surface area (Å²) in [5, 5.41) is 0. The van der Waals surface area contributed by atoms with Gasteiger partial charge in [0.25, 0.3) is 11.8 Å². The molecule has 2 aromatic carbocycles. The number of amides is 2. The van der Waals surface area contributed by atoms with E-state index in [0.717, 1.165) is 17.4 Å². The molecule has 0 spiro atoms. The minimum absolute atomic E-state index is 0.180. The van der Waals surface area contributed by atoms with Gasteiger partial charge in [0.1, 0.15) is 12.4 Å². The molecule has 24 heavy (non-hydrogen) atoms. The van der Waals surface area contributed by atoms with Crippen LogP contribution in [-0.2, 0) is 0 Å². The van der Waals surface area contributed by atoms with Gasteiger partial charge in [0.05, 0.1) is 17.7 Å². The lowest BCUT2D eigenvalue weighted by Gasteiger charge is -2.15. The van der Waals surface area contributed by atoms with Gasteiger partial charge < -0.3 is 4.74 Å². The van der Waals surface area contributed by atoms with E-state index < -0.39 is 0 Å². The highest BCUT2D eigenvalue weighted by Crippen LogP contribution is 2.23. The van der Waals surface area contributed by atoms with Gasteiger partial charge in [-0.25, -0.2) is 0 Å². The first kappa shape index (κ1) is 15.9. The zero-order valence-electron chi connectivity index (χ0n) is 13.5. The highest BCUT2D eigenvalue weighted by molar-refractivity contribution is 6.21. The Bertz CT molecular complexity index is 783. The van der Waals surface area contributed by atoms with Crippen LogP contribution in [0, 0.1) is 13.8 Å². The molecular formula is C19H17NO4. The van der Waals surface area contributed by atoms with Crippen molar-refractivity contribution in [1.82, 2.24) is 4.90 Å². The predicted octanol–water partition coefficient (Wildman–Crippen LogP) is 2.79. The van der Waals surface area contributed by atoms with Crippen molar-refractivity contribution in [3.63, 3.8) is 0 Å². The highest BCUT2D eigenvalue weighted by Gasteiger charge is 2.34. The van der Waals surface area contributed by atoms with Crippen LogP contribution in [0.25, 0.3) is 0 Å². The predicted molar refractivity (Wildman–Crippen MR) is 88.6 cm³/mol. The quantitative estimate of drug-likeness (QED) is 0.627. The third-order valence-electron chi connectivity index (χ3n) is 4.15. The SMILES string of the molecule is Cc1cc(OCCN2C(=O)c3ccccc3C2=O)cc(C)c1C=O. The van der Waals surface area contributed by atoms with Gasteiger partial charge in [-0.05, 0) is 49.2 Å². The van der Waals surface area contributed by atoms with Gasteiger partial charge in [0.2, 0.25) is 0 Å². The molecular weight excluding hydrogens is 306 g/mol. The Balaban J connectivity index is 1.67. The van der Waals surface area contributed by atoms with Gasteiger partial charge in [0, 0.05) is 5.56 Å². The van der Waals surface area contributed by atoms with Crippen molar-refractivity contribution < 1.29 is 19.1 Å². The van der Waals surface area contributed by atoms with Crippen molar-refractivity contribution >= 4 is 18.1 Å². The summed E-state index contributed by atoms with van der Waals surface area (Å²) in [6.07, 6.45) is 0.827. The summed E-state index contributed by atoms with van der Waals surface area (Å²) in [7, 11) is 0. The molecule has 1 heterocycles. The van der Waals surface area contributed by atoms with Crippen molar-refractivity contribution in [2.24, 2.45) is 0 Å². The van der Waals surface area contributed by atoms with Crippen molar-refractivity contribution in [2.45, 2.75) is 13.8 Å². The first-order valence-electron chi connectivity index (χ1n) is 7.67. The van der Waals surface area contributed by atoms with E-state index in [4.69, 9.17) is 4.74 Å². The lowest BCUT2D eigenvalue weighted by Crippen LogP contribution is -2.33. The molecule has 0 atom stereocenters. The summed E-state index contributed by atoms with van der Waals surface area (Å²) in [5.41, 5.74) is 3.19. The van der Waals surface area contributed by atoms with E-state index in [0.29, 0.717) is 22.4 Å². The van der Waals surface area contributed by atoms with Crippen molar-refractivity contribution in [3.05, 3.63) is 64.2 Å². The number of hydrogen-bond acceptors (Lipinski definition) is 4. The van der Waals surface area contributed by atoms with E-state index >= 15 is 0 Å². The molecule has 122 valence electrons. The summed E-state index contributed by atoms with van der Waals surface area (Å²) in [6.45, 7) is 4.06. The fourth-order valence-electron chi connectivity index (χ4n) is 2.90. The summed E-state index contributed by atoms with van der Waals surface area (Å²) in [6, 6.07) is 10.3. The molecule has 2 aromatic rings. The van der Waals surface area contributed by atoms with Gasteiger partial charge in [-0.1, -0.05) is 12.1 Å². The third-order valence-corrected chi connectivity index (χ3v) is 4.15. The molecule has 3 rings (SSSR count). The number of carbonyl (C=O) groups excluding carboxylic acids is 3. The van der Waals surface area contributed by atoms with Gasteiger partial charge in [0.15, 0.2) is 6.29 Å². The van der Waals surface area contributed by atoms with Crippen LogP contribution >= 0.6 is 0 Å². The molecule has 0 fully saturated rings. The van der Waals surface area contributed by atoms with E-state index in [9.17, 15) is 14.4 Å². The van der Waals surface area contributed by atoms with Gasteiger partial charge in [-0.2, -0.15) is 0 Å². The van der Waals surface area contributed by atoms with Crippen molar-refractivity contribution in [1.29, 1.82) is 0 Å². The molecule has 0 aliphatic carbocycles. The normalized spacial score (nSPS) is 13.2. The highest BCUT2D eigenvalue weighted by atomic mass is 16.5. The third kappa shape index (κ3) is 2.69. The molecule has 0 unspecified atom stereocenters. The smallest absolute Gasteiger partial charge is 0.261 e. The second-order valence-electron chi connectivity index (χ2n) is 5.74. The first-order valence-corrected chi connectivity index (χ1v) is 7.67. The number of rotatable bonds is 5. The summed E-state index contributed by atoms with van der Waals surface area (Å²) < 4.78 is 5.66. The molecule has 1 aliphatic heterocycles. The first-order chi connectivity index (χ1) is 11.5. The number of imide groups is 1. The Morgan fingerprint density at radius 3 is 2.04 bits per heavy atom. The lowest BCUT2D eigenvalue weighted by molar-refractivity contribution is 0.0631. The number of aryl methyl sites for hydroxylation is 2. The van der Waals surface area contributed by atoms with Gasteiger partial charge in [-0.15, -0.1) is 0 Å². The molecule has 5 heteroatoms. The fraction of sp³-hybridized carbons (Fsp3) is 0.211. The molecule has 2 amide bonds. The average Bonchev–Trinajstić information content (AvgIpc) is 2.80. The van der Waals surface area contributed by atoms with E-state index in [2.05, 4.69) is 0 Å². The summed E-state index contributed by atoms with van der Waals surface area (Å²) in [5.74, 6) is 0.0398. The summed E-state index contributed by atoms with van der Waals surface area (Å²) in [4.78, 5) is 36.7. The molecule has 0 aromatic heterocycles. The van der Waals surface area contributed by atoms with Crippen LogP contribution in [0.15, 0.2) is 36.4 Å². The van der Waals surface area contributed by atoms with Crippen LogP contribution in [0.5, 0.6) is 5.75 Å². The van der Waals surface area contributed by atoms with Crippen LogP contribution in [-0.4, -0.2) is 36.2 Å². The Hall–Kier alpha value is -2.95. The molecule has 0 saturated heterocycles. The van der Waals surface area contributed by atoms with Crippen LogP contribution in [0.2, 0.25) is 0 Å². The molecule has 0 bridgehead atoms. The maximum atomic E-state index is 12.3. The monoisotopic (exact) mass is 323 g/mol. The van der Waals surface area contributed by atoms with Crippen LogP contribution in [0.1, 0.15) is 42.2 Å². The van der Waals surface area contributed by atoms with E-state index in [1.165, 1.54) is 4.90 Å². The van der Waals surface area contributed by atoms with E-state index in [1.54, 1.807) is 36.4 Å². The standard InChI is InChI=1S/C19H17NO4/c1-12-9-14(10-13(2)17(12)11-21)24-8-7-20-18(22)15-5-3-4-6-16(15)19(20)23/h3-6,9-11H,7-8H2,1-2H3. The Morgan fingerprint density at radius 2 is 1.54 bits per heavy atom. The number of carbonyl (C=O) groups is 3. The number of nitrogens with zero attached hydrogens (tertiary/aromatic N) is 1. The van der Waals surface area contributed by atoms with Crippen LogP contribution in [0.4, 0.5) is 0 Å². The van der Waals surface area contributed by atoms with E-state index in [-0.39, 0.29) is 25.0 Å². The zero-order valence-corrected chi connectivity index (χ0v) is 13.5. The second kappa shape index (κ2) is 6.28. The van der Waals surface area contributed by atoms with Crippen LogP contribution in [0.3, 0.4) is 0 Å². The average molecular weight is 323 g/mol. The largest absolute Gasteiger partial charge is 0.492 e. The Morgan fingerprint density at radius 1 is 1.00 bits per heavy atom. The number of fused-ring (bicyclic) bond motifs is 1. The summed E-state index contributed by atoms with van der Waals surface area (Å²) >= 11 is 0. The van der Waals surface area contributed by atoms with Crippen LogP contribution < -0.4 is 4.74 Å². The minimum Gasteiger partial charge on any atom is -0.492 e. The Kier molecular flexibility index (Phi) is 4.16. The Labute approximate surface area is 139 Å². The number of benzene rings is 2. The van der Waals surface area contributed by atoms with Crippen molar-refractivity contribution in [2.75, 3.05) is 13.2 Å². The van der Waals surface area contributed by atoms with Gasteiger partial charge >= 0.3 is 0 Å². The number of hydrogen-bond donors (Lipinski definition) is 0. The maximum Gasteiger partial charge on any atom is 0.261 e. The topological polar surface area (TPSA) is 63.7 Å². The lowest BCUT2D eigenvalue weighted by atomic mass is 10.0. The second-order valence-corrected chi connectivity index (χ2v) is 5.74. The molecule has 5 nitrogen and oxygen atoms in total. The maximum absolute atomic E-state index is 12.3. The minimum atomic E-state index is -0.289. The van der Waals surface area contributed by atoms with Crippen molar-refractivity contribution in [3.8, 4) is 5.75 Å². The molecule has 1 aliphatic rings. The van der Waals surface area contributed by atoms with Gasteiger partial charge in [-0.3, -0.25) is 19.3 Å². The number of ether oxygens (including phenoxy) is 1. The fourth-order valence-corrected chi connectivity index (χ4v) is 2.90. The molecule has 0 N–H and O–H groups in total. The number of aldehydes is 1. The molecule has 0 radical (unpaired) electrons. The van der Waals surface area contributed by atoms with E-state index in [1.807, 2.05) is 13.8 Å². The zero-order chi connectivity index (χ0) is 17.3.